The Morgan fingerprint density at radius 1 is 0.941 bits per heavy atom. The molecule has 0 bridgehead atoms. The molecule has 1 amide bonds. The number of carboxylic acids is 1. The van der Waals surface area contributed by atoms with E-state index in [0.717, 1.165) is 37.2 Å². The number of halogens is 1. The summed E-state index contributed by atoms with van der Waals surface area (Å²) in [6.07, 6.45) is -0.758. The molecule has 1 aliphatic carbocycles. The van der Waals surface area contributed by atoms with Crippen molar-refractivity contribution in [3.05, 3.63) is 105 Å². The minimum Gasteiger partial charge on any atom is -0.479 e. The Kier molecular flexibility index (Phi) is 6.22. The van der Waals surface area contributed by atoms with Crippen molar-refractivity contribution in [2.75, 3.05) is 6.61 Å². The first-order chi connectivity index (χ1) is 16.5. The number of fused-ring (bicyclic) bond motifs is 3. The maximum atomic E-state index is 12.6. The Morgan fingerprint density at radius 3 is 2.26 bits per heavy atom. The second kappa shape index (κ2) is 9.44. The highest BCUT2D eigenvalue weighted by Crippen LogP contribution is 2.44. The van der Waals surface area contributed by atoms with Gasteiger partial charge in [-0.15, -0.1) is 11.3 Å². The third-order valence-corrected chi connectivity index (χ3v) is 7.57. The van der Waals surface area contributed by atoms with Gasteiger partial charge >= 0.3 is 12.1 Å². The standard InChI is InChI=1S/C27H20BrNO4S/c28-17-7-5-6-16(14-17)23-12-13-24(34-23)25(26(30)31)29-27(32)33-15-22-20-10-3-1-8-18(20)19-9-2-4-11-21(19)22/h1-14,22,25H,15H2,(H,29,32)(H,30,31). The van der Waals surface area contributed by atoms with Crippen molar-refractivity contribution >= 4 is 39.3 Å². The minimum absolute atomic E-state index is 0.0914. The van der Waals surface area contributed by atoms with E-state index in [1.54, 1.807) is 6.07 Å². The Hall–Kier alpha value is -3.42. The number of alkyl carbamates (subject to hydrolysis) is 1. The van der Waals surface area contributed by atoms with Crippen molar-refractivity contribution in [2.45, 2.75) is 12.0 Å². The molecule has 170 valence electrons. The van der Waals surface area contributed by atoms with Crippen LogP contribution < -0.4 is 5.32 Å². The Bertz CT molecular complexity index is 1340. The van der Waals surface area contributed by atoms with Crippen molar-refractivity contribution in [1.29, 1.82) is 0 Å². The molecule has 5 nitrogen and oxygen atoms in total. The first kappa shape index (κ1) is 22.4. The highest BCUT2D eigenvalue weighted by molar-refractivity contribution is 9.10. The predicted octanol–water partition coefficient (Wildman–Crippen LogP) is 6.84. The van der Waals surface area contributed by atoms with E-state index in [2.05, 4.69) is 33.4 Å². The molecule has 0 radical (unpaired) electrons. The number of nitrogens with one attached hydrogen (secondary N) is 1. The molecule has 3 aromatic carbocycles. The monoisotopic (exact) mass is 533 g/mol. The summed E-state index contributed by atoms with van der Waals surface area (Å²) in [6, 6.07) is 26.3. The number of carboxylic acid groups (broad SMARTS) is 1. The molecule has 4 aromatic rings. The fourth-order valence-electron chi connectivity index (χ4n) is 4.32. The van der Waals surface area contributed by atoms with E-state index >= 15 is 0 Å². The Labute approximate surface area is 209 Å². The van der Waals surface area contributed by atoms with Crippen molar-refractivity contribution in [3.8, 4) is 21.6 Å². The topological polar surface area (TPSA) is 75.6 Å². The normalized spacial score (nSPS) is 13.1. The van der Waals surface area contributed by atoms with Gasteiger partial charge in [0.2, 0.25) is 0 Å². The average Bonchev–Trinajstić information content (AvgIpc) is 3.44. The lowest BCUT2D eigenvalue weighted by Crippen LogP contribution is -2.34. The number of hydrogen-bond donors (Lipinski definition) is 2. The SMILES string of the molecule is O=C(NC(C(=O)O)c1ccc(-c2cccc(Br)c2)s1)OCC1c2ccccc2-c2ccccc21. The van der Waals surface area contributed by atoms with Crippen LogP contribution in [0.1, 0.15) is 28.0 Å². The third-order valence-electron chi connectivity index (χ3n) is 5.87. The zero-order valence-corrected chi connectivity index (χ0v) is 20.3. The van der Waals surface area contributed by atoms with E-state index in [1.165, 1.54) is 11.3 Å². The first-order valence-corrected chi connectivity index (χ1v) is 12.3. The number of rotatable bonds is 6. The smallest absolute Gasteiger partial charge is 0.408 e. The zero-order chi connectivity index (χ0) is 23.7. The largest absolute Gasteiger partial charge is 0.479 e. The van der Waals surface area contributed by atoms with E-state index in [0.29, 0.717) is 4.88 Å². The number of benzene rings is 3. The molecule has 0 aliphatic heterocycles. The van der Waals surface area contributed by atoms with Crippen LogP contribution in [0.3, 0.4) is 0 Å². The van der Waals surface area contributed by atoms with Crippen LogP contribution in [-0.4, -0.2) is 23.8 Å². The maximum absolute atomic E-state index is 12.6. The Balaban J connectivity index is 1.30. The van der Waals surface area contributed by atoms with E-state index < -0.39 is 18.1 Å². The van der Waals surface area contributed by atoms with Crippen LogP contribution in [0, 0.1) is 0 Å². The van der Waals surface area contributed by atoms with Gasteiger partial charge in [-0.1, -0.05) is 76.6 Å². The highest BCUT2D eigenvalue weighted by atomic mass is 79.9. The second-order valence-corrected chi connectivity index (χ2v) is 9.98. The van der Waals surface area contributed by atoms with Crippen LogP contribution in [0.15, 0.2) is 89.4 Å². The predicted molar refractivity (Wildman–Crippen MR) is 136 cm³/mol. The van der Waals surface area contributed by atoms with Crippen LogP contribution in [0.25, 0.3) is 21.6 Å². The van der Waals surface area contributed by atoms with Crippen molar-refractivity contribution in [2.24, 2.45) is 0 Å². The maximum Gasteiger partial charge on any atom is 0.408 e. The summed E-state index contributed by atoms with van der Waals surface area (Å²) in [5.74, 6) is -1.23. The van der Waals surface area contributed by atoms with Gasteiger partial charge in [0.1, 0.15) is 6.61 Å². The molecular weight excluding hydrogens is 514 g/mol. The fourth-order valence-corrected chi connectivity index (χ4v) is 5.77. The molecule has 1 atom stereocenters. The zero-order valence-electron chi connectivity index (χ0n) is 17.9. The van der Waals surface area contributed by atoms with Gasteiger partial charge in [0, 0.05) is 20.1 Å². The number of carbonyl (C=O) groups excluding carboxylic acids is 1. The van der Waals surface area contributed by atoms with Gasteiger partial charge in [0.15, 0.2) is 6.04 Å². The summed E-state index contributed by atoms with van der Waals surface area (Å²) >= 11 is 4.78. The van der Waals surface area contributed by atoms with Gasteiger partial charge < -0.3 is 15.2 Å². The summed E-state index contributed by atoms with van der Waals surface area (Å²) in [6.45, 7) is 0.125. The molecular formula is C27H20BrNO4S. The molecule has 1 aliphatic rings. The molecule has 5 rings (SSSR count). The van der Waals surface area contributed by atoms with Crippen LogP contribution in [0.5, 0.6) is 0 Å². The van der Waals surface area contributed by atoms with Gasteiger partial charge in [0.05, 0.1) is 0 Å². The number of ether oxygens (including phenoxy) is 1. The van der Waals surface area contributed by atoms with Crippen LogP contribution in [-0.2, 0) is 9.53 Å². The molecule has 1 aromatic heterocycles. The molecule has 0 saturated carbocycles. The van der Waals surface area contributed by atoms with Gasteiger partial charge in [-0.05, 0) is 52.1 Å². The van der Waals surface area contributed by atoms with E-state index in [9.17, 15) is 14.7 Å². The summed E-state index contributed by atoms with van der Waals surface area (Å²) in [4.78, 5) is 26.0. The average molecular weight is 534 g/mol. The van der Waals surface area contributed by atoms with E-state index in [1.807, 2.05) is 66.7 Å². The molecule has 0 saturated heterocycles. The highest BCUT2D eigenvalue weighted by Gasteiger charge is 2.30. The Morgan fingerprint density at radius 2 is 1.62 bits per heavy atom. The lowest BCUT2D eigenvalue weighted by Gasteiger charge is -2.17. The van der Waals surface area contributed by atoms with E-state index in [4.69, 9.17) is 4.74 Å². The van der Waals surface area contributed by atoms with Crippen molar-refractivity contribution in [1.82, 2.24) is 5.32 Å². The number of amides is 1. The lowest BCUT2D eigenvalue weighted by atomic mass is 9.98. The van der Waals surface area contributed by atoms with Crippen LogP contribution in [0.2, 0.25) is 0 Å². The molecule has 0 fully saturated rings. The molecule has 7 heteroatoms. The van der Waals surface area contributed by atoms with E-state index in [-0.39, 0.29) is 12.5 Å². The quantitative estimate of drug-likeness (QED) is 0.284. The lowest BCUT2D eigenvalue weighted by molar-refractivity contribution is -0.139. The van der Waals surface area contributed by atoms with Crippen molar-refractivity contribution in [3.63, 3.8) is 0 Å². The summed E-state index contributed by atoms with van der Waals surface area (Å²) in [5.41, 5.74) is 5.44. The second-order valence-electron chi connectivity index (χ2n) is 7.95. The molecule has 1 unspecified atom stereocenters. The number of thiophene rings is 1. The number of aliphatic carboxylic acids is 1. The molecule has 1 heterocycles. The number of carbonyl (C=O) groups is 2. The minimum atomic E-state index is -1.19. The van der Waals surface area contributed by atoms with Gasteiger partial charge in [-0.25, -0.2) is 9.59 Å². The summed E-state index contributed by atoms with van der Waals surface area (Å²) in [7, 11) is 0. The summed E-state index contributed by atoms with van der Waals surface area (Å²) in [5, 5.41) is 12.3. The van der Waals surface area contributed by atoms with Crippen LogP contribution in [0.4, 0.5) is 4.79 Å². The summed E-state index contributed by atoms with van der Waals surface area (Å²) < 4.78 is 6.47. The van der Waals surface area contributed by atoms with Crippen molar-refractivity contribution < 1.29 is 19.4 Å². The first-order valence-electron chi connectivity index (χ1n) is 10.7. The van der Waals surface area contributed by atoms with Crippen LogP contribution >= 0.6 is 27.3 Å². The third kappa shape index (κ3) is 4.36. The molecule has 0 spiro atoms. The van der Waals surface area contributed by atoms with Gasteiger partial charge in [0.25, 0.3) is 0 Å². The number of hydrogen-bond acceptors (Lipinski definition) is 4. The van der Waals surface area contributed by atoms with Gasteiger partial charge in [-0.3, -0.25) is 0 Å². The fraction of sp³-hybridized carbons (Fsp3) is 0.111. The van der Waals surface area contributed by atoms with Gasteiger partial charge in [-0.2, -0.15) is 0 Å². The molecule has 34 heavy (non-hydrogen) atoms. The molecule has 2 N–H and O–H groups in total.